The number of piperazine rings is 1. The zero-order valence-electron chi connectivity index (χ0n) is 13.3. The van der Waals surface area contributed by atoms with E-state index in [0.717, 1.165) is 37.8 Å². The number of nitrogens with zero attached hydrogens (tertiary/aromatic N) is 3. The maximum absolute atomic E-state index is 4.39. The van der Waals surface area contributed by atoms with Crippen LogP contribution in [0.3, 0.4) is 0 Å². The summed E-state index contributed by atoms with van der Waals surface area (Å²) in [4.78, 5) is 11.3. The molecule has 2 heterocycles. The second-order valence-electron chi connectivity index (χ2n) is 6.60. The van der Waals surface area contributed by atoms with Crippen molar-refractivity contribution < 1.29 is 0 Å². The van der Waals surface area contributed by atoms with E-state index in [2.05, 4.69) is 47.9 Å². The number of hydrogen-bond donors (Lipinski definition) is 1. The van der Waals surface area contributed by atoms with Crippen molar-refractivity contribution in [2.45, 2.75) is 58.7 Å². The molecular formula is C16H28N4. The van der Waals surface area contributed by atoms with Crippen molar-refractivity contribution in [3.63, 3.8) is 0 Å². The zero-order chi connectivity index (χ0) is 14.6. The first kappa shape index (κ1) is 15.4. The fraction of sp³-hybridized carbons (Fsp3) is 0.750. The summed E-state index contributed by atoms with van der Waals surface area (Å²) >= 11 is 0. The standard InChI is InChI=1S/C16H28N4/c1-5-16(4)12-19-14(9-13(2)3)10-20(16)11-15-17-7-6-8-18-15/h6-8,13-14,19H,5,9-12H2,1-4H3. The van der Waals surface area contributed by atoms with Crippen LogP contribution in [0.15, 0.2) is 18.5 Å². The van der Waals surface area contributed by atoms with Crippen LogP contribution >= 0.6 is 0 Å². The summed E-state index contributed by atoms with van der Waals surface area (Å²) in [7, 11) is 0. The molecule has 1 aliphatic rings. The van der Waals surface area contributed by atoms with E-state index in [1.54, 1.807) is 0 Å². The van der Waals surface area contributed by atoms with Gasteiger partial charge in [-0.05, 0) is 31.7 Å². The van der Waals surface area contributed by atoms with Crippen LogP contribution < -0.4 is 5.32 Å². The van der Waals surface area contributed by atoms with Gasteiger partial charge in [-0.15, -0.1) is 0 Å². The predicted octanol–water partition coefficient (Wildman–Crippen LogP) is 2.47. The van der Waals surface area contributed by atoms with Gasteiger partial charge in [0, 0.05) is 37.1 Å². The molecule has 112 valence electrons. The molecule has 20 heavy (non-hydrogen) atoms. The maximum Gasteiger partial charge on any atom is 0.142 e. The molecule has 1 aliphatic heterocycles. The molecule has 0 bridgehead atoms. The Kier molecular flexibility index (Phi) is 5.11. The molecule has 0 amide bonds. The van der Waals surface area contributed by atoms with Gasteiger partial charge in [-0.25, -0.2) is 9.97 Å². The van der Waals surface area contributed by atoms with E-state index < -0.39 is 0 Å². The van der Waals surface area contributed by atoms with Crippen molar-refractivity contribution in [3.8, 4) is 0 Å². The molecule has 4 heteroatoms. The number of aromatic nitrogens is 2. The molecule has 2 rings (SSSR count). The van der Waals surface area contributed by atoms with Crippen molar-refractivity contribution in [1.82, 2.24) is 20.2 Å². The van der Waals surface area contributed by atoms with E-state index in [-0.39, 0.29) is 5.54 Å². The van der Waals surface area contributed by atoms with Crippen LogP contribution in [0, 0.1) is 5.92 Å². The fourth-order valence-corrected chi connectivity index (χ4v) is 2.94. The molecule has 2 unspecified atom stereocenters. The SMILES string of the molecule is CCC1(C)CNC(CC(C)C)CN1Cc1ncccn1. The molecule has 1 saturated heterocycles. The van der Waals surface area contributed by atoms with Gasteiger partial charge in [-0.1, -0.05) is 20.8 Å². The Labute approximate surface area is 123 Å². The van der Waals surface area contributed by atoms with Gasteiger partial charge in [0.1, 0.15) is 5.82 Å². The molecule has 0 aliphatic carbocycles. The van der Waals surface area contributed by atoms with E-state index in [0.29, 0.717) is 6.04 Å². The monoisotopic (exact) mass is 276 g/mol. The van der Waals surface area contributed by atoms with E-state index in [1.807, 2.05) is 18.5 Å². The molecule has 4 nitrogen and oxygen atoms in total. The lowest BCUT2D eigenvalue weighted by molar-refractivity contribution is 0.0350. The average molecular weight is 276 g/mol. The van der Waals surface area contributed by atoms with Gasteiger partial charge in [0.25, 0.3) is 0 Å². The third kappa shape index (κ3) is 3.76. The molecule has 1 fully saturated rings. The Bertz CT molecular complexity index is 406. The number of hydrogen-bond acceptors (Lipinski definition) is 4. The highest BCUT2D eigenvalue weighted by molar-refractivity contribution is 4.98. The molecular weight excluding hydrogens is 248 g/mol. The Morgan fingerprint density at radius 2 is 2.10 bits per heavy atom. The quantitative estimate of drug-likeness (QED) is 0.897. The first-order valence-corrected chi connectivity index (χ1v) is 7.78. The van der Waals surface area contributed by atoms with Gasteiger partial charge >= 0.3 is 0 Å². The first-order valence-electron chi connectivity index (χ1n) is 7.78. The molecule has 1 aromatic rings. The van der Waals surface area contributed by atoms with Crippen molar-refractivity contribution in [1.29, 1.82) is 0 Å². The van der Waals surface area contributed by atoms with E-state index in [9.17, 15) is 0 Å². The Morgan fingerprint density at radius 1 is 1.40 bits per heavy atom. The van der Waals surface area contributed by atoms with Crippen molar-refractivity contribution in [3.05, 3.63) is 24.3 Å². The number of rotatable bonds is 5. The van der Waals surface area contributed by atoms with Crippen LogP contribution in [0.25, 0.3) is 0 Å². The van der Waals surface area contributed by atoms with Crippen LogP contribution in [-0.2, 0) is 6.54 Å². The van der Waals surface area contributed by atoms with Gasteiger partial charge in [0.2, 0.25) is 0 Å². The molecule has 0 saturated carbocycles. The molecule has 0 spiro atoms. The van der Waals surface area contributed by atoms with E-state index in [4.69, 9.17) is 0 Å². The van der Waals surface area contributed by atoms with Crippen molar-refractivity contribution >= 4 is 0 Å². The topological polar surface area (TPSA) is 41.0 Å². The van der Waals surface area contributed by atoms with Gasteiger partial charge in [-0.3, -0.25) is 4.90 Å². The Balaban J connectivity index is 2.07. The summed E-state index contributed by atoms with van der Waals surface area (Å²) in [6, 6.07) is 2.46. The maximum atomic E-state index is 4.39. The molecule has 1 N–H and O–H groups in total. The summed E-state index contributed by atoms with van der Waals surface area (Å²) in [6.07, 6.45) is 6.03. The van der Waals surface area contributed by atoms with Crippen LogP contribution in [-0.4, -0.2) is 39.5 Å². The van der Waals surface area contributed by atoms with Gasteiger partial charge < -0.3 is 5.32 Å². The summed E-state index contributed by atoms with van der Waals surface area (Å²) in [5.74, 6) is 1.66. The van der Waals surface area contributed by atoms with Crippen LogP contribution in [0.2, 0.25) is 0 Å². The van der Waals surface area contributed by atoms with Crippen LogP contribution in [0.1, 0.15) is 46.4 Å². The lowest BCUT2D eigenvalue weighted by Crippen LogP contribution is -2.62. The molecule has 0 radical (unpaired) electrons. The predicted molar refractivity (Wildman–Crippen MR) is 82.4 cm³/mol. The molecule has 0 aromatic carbocycles. The van der Waals surface area contributed by atoms with E-state index in [1.165, 1.54) is 6.42 Å². The minimum Gasteiger partial charge on any atom is -0.311 e. The fourth-order valence-electron chi connectivity index (χ4n) is 2.94. The van der Waals surface area contributed by atoms with Gasteiger partial charge in [-0.2, -0.15) is 0 Å². The van der Waals surface area contributed by atoms with Gasteiger partial charge in [0.15, 0.2) is 0 Å². The Morgan fingerprint density at radius 3 is 2.70 bits per heavy atom. The second kappa shape index (κ2) is 6.64. The highest BCUT2D eigenvalue weighted by atomic mass is 15.3. The largest absolute Gasteiger partial charge is 0.311 e. The zero-order valence-corrected chi connectivity index (χ0v) is 13.3. The second-order valence-corrected chi connectivity index (χ2v) is 6.60. The highest BCUT2D eigenvalue weighted by Gasteiger charge is 2.36. The lowest BCUT2D eigenvalue weighted by Gasteiger charge is -2.48. The highest BCUT2D eigenvalue weighted by Crippen LogP contribution is 2.25. The number of nitrogens with one attached hydrogen (secondary N) is 1. The minimum absolute atomic E-state index is 0.201. The van der Waals surface area contributed by atoms with E-state index >= 15 is 0 Å². The Hall–Kier alpha value is -1.00. The summed E-state index contributed by atoms with van der Waals surface area (Å²) in [5, 5.41) is 3.73. The third-order valence-electron chi connectivity index (χ3n) is 4.44. The third-order valence-corrected chi connectivity index (χ3v) is 4.44. The first-order chi connectivity index (χ1) is 9.53. The van der Waals surface area contributed by atoms with Crippen LogP contribution in [0.5, 0.6) is 0 Å². The average Bonchev–Trinajstić information content (AvgIpc) is 2.43. The van der Waals surface area contributed by atoms with Gasteiger partial charge in [0.05, 0.1) is 6.54 Å². The smallest absolute Gasteiger partial charge is 0.142 e. The summed E-state index contributed by atoms with van der Waals surface area (Å²) < 4.78 is 0. The lowest BCUT2D eigenvalue weighted by atomic mass is 9.90. The summed E-state index contributed by atoms with van der Waals surface area (Å²) in [6.45, 7) is 12.2. The normalized spacial score (nSPS) is 27.9. The summed E-state index contributed by atoms with van der Waals surface area (Å²) in [5.41, 5.74) is 0.201. The van der Waals surface area contributed by atoms with Crippen molar-refractivity contribution in [2.24, 2.45) is 5.92 Å². The molecule has 1 aromatic heterocycles. The molecule has 2 atom stereocenters. The van der Waals surface area contributed by atoms with Crippen molar-refractivity contribution in [2.75, 3.05) is 13.1 Å². The van der Waals surface area contributed by atoms with Crippen LogP contribution in [0.4, 0.5) is 0 Å². The minimum atomic E-state index is 0.201.